The van der Waals surface area contributed by atoms with Gasteiger partial charge in [0.05, 0.1) is 22.0 Å². The number of hydrogen-bond acceptors (Lipinski definition) is 8. The first-order valence-electron chi connectivity index (χ1n) is 10.0. The topological polar surface area (TPSA) is 75.4 Å². The standard InChI is InChI=1S/C21H25N5O2S2/c1-15-17(16(2)28-24-15)13-25-8-4-9-26(11-10-25)20(27)14-30-21-22-7-6-18(23-21)19-5-3-12-29-19/h3,5-7,12H,4,8-11,13-14H2,1-2H3. The lowest BCUT2D eigenvalue weighted by Crippen LogP contribution is -2.36. The summed E-state index contributed by atoms with van der Waals surface area (Å²) in [7, 11) is 0. The van der Waals surface area contributed by atoms with E-state index in [2.05, 4.69) is 20.0 Å². The van der Waals surface area contributed by atoms with E-state index in [1.165, 1.54) is 11.8 Å². The predicted molar refractivity (Wildman–Crippen MR) is 119 cm³/mol. The number of aryl methyl sites for hydroxylation is 2. The molecule has 158 valence electrons. The van der Waals surface area contributed by atoms with Crippen LogP contribution < -0.4 is 0 Å². The summed E-state index contributed by atoms with van der Waals surface area (Å²) in [5, 5.41) is 6.72. The largest absolute Gasteiger partial charge is 0.361 e. The zero-order valence-corrected chi connectivity index (χ0v) is 18.8. The zero-order chi connectivity index (χ0) is 20.9. The highest BCUT2D eigenvalue weighted by Crippen LogP contribution is 2.24. The molecule has 0 radical (unpaired) electrons. The summed E-state index contributed by atoms with van der Waals surface area (Å²) in [5.74, 6) is 1.38. The van der Waals surface area contributed by atoms with E-state index in [0.717, 1.165) is 66.7 Å². The molecular formula is C21H25N5O2S2. The molecule has 4 heterocycles. The van der Waals surface area contributed by atoms with Crippen molar-refractivity contribution >= 4 is 29.0 Å². The molecule has 0 atom stereocenters. The molecule has 0 saturated carbocycles. The third-order valence-electron chi connectivity index (χ3n) is 5.24. The molecule has 1 saturated heterocycles. The van der Waals surface area contributed by atoms with Crippen LogP contribution in [-0.2, 0) is 11.3 Å². The zero-order valence-electron chi connectivity index (χ0n) is 17.2. The number of carbonyl (C=O) groups excluding carboxylic acids is 1. The van der Waals surface area contributed by atoms with Crippen LogP contribution in [0.1, 0.15) is 23.4 Å². The summed E-state index contributed by atoms with van der Waals surface area (Å²) in [5.41, 5.74) is 3.01. The molecule has 0 aromatic carbocycles. The molecule has 0 N–H and O–H groups in total. The van der Waals surface area contributed by atoms with Gasteiger partial charge in [0.15, 0.2) is 5.16 Å². The lowest BCUT2D eigenvalue weighted by molar-refractivity contribution is -0.128. The second kappa shape index (κ2) is 9.72. The Labute approximate surface area is 184 Å². The summed E-state index contributed by atoms with van der Waals surface area (Å²) in [6, 6.07) is 5.95. The highest BCUT2D eigenvalue weighted by molar-refractivity contribution is 7.99. The van der Waals surface area contributed by atoms with E-state index in [0.29, 0.717) is 10.9 Å². The number of thioether (sulfide) groups is 1. The van der Waals surface area contributed by atoms with Crippen molar-refractivity contribution in [3.8, 4) is 10.6 Å². The molecular weight excluding hydrogens is 418 g/mol. The van der Waals surface area contributed by atoms with Gasteiger partial charge < -0.3 is 9.42 Å². The van der Waals surface area contributed by atoms with E-state index in [9.17, 15) is 4.79 Å². The minimum atomic E-state index is 0.143. The third kappa shape index (κ3) is 5.08. The second-order valence-electron chi connectivity index (χ2n) is 7.30. The van der Waals surface area contributed by atoms with Crippen LogP contribution >= 0.6 is 23.1 Å². The normalized spacial score (nSPS) is 15.3. The van der Waals surface area contributed by atoms with Crippen molar-refractivity contribution in [1.29, 1.82) is 0 Å². The molecule has 0 spiro atoms. The van der Waals surface area contributed by atoms with Crippen LogP contribution in [0.2, 0.25) is 0 Å². The molecule has 9 heteroatoms. The van der Waals surface area contributed by atoms with Crippen LogP contribution in [0.4, 0.5) is 0 Å². The van der Waals surface area contributed by atoms with Gasteiger partial charge in [0, 0.05) is 44.5 Å². The Morgan fingerprint density at radius 1 is 1.23 bits per heavy atom. The maximum Gasteiger partial charge on any atom is 0.233 e. The van der Waals surface area contributed by atoms with E-state index in [4.69, 9.17) is 4.52 Å². The fourth-order valence-electron chi connectivity index (χ4n) is 3.52. The van der Waals surface area contributed by atoms with Crippen molar-refractivity contribution in [3.05, 3.63) is 46.8 Å². The first-order valence-corrected chi connectivity index (χ1v) is 11.9. The van der Waals surface area contributed by atoms with Gasteiger partial charge in [-0.2, -0.15) is 0 Å². The smallest absolute Gasteiger partial charge is 0.233 e. The van der Waals surface area contributed by atoms with Crippen LogP contribution in [0.3, 0.4) is 0 Å². The lowest BCUT2D eigenvalue weighted by Gasteiger charge is -2.21. The van der Waals surface area contributed by atoms with Crippen LogP contribution in [0, 0.1) is 13.8 Å². The lowest BCUT2D eigenvalue weighted by atomic mass is 10.2. The first kappa shape index (κ1) is 21.0. The van der Waals surface area contributed by atoms with E-state index in [1.807, 2.05) is 42.3 Å². The number of aromatic nitrogens is 3. The van der Waals surface area contributed by atoms with E-state index >= 15 is 0 Å². The Hall–Kier alpha value is -2.23. The van der Waals surface area contributed by atoms with Gasteiger partial charge in [0.25, 0.3) is 0 Å². The maximum absolute atomic E-state index is 12.8. The summed E-state index contributed by atoms with van der Waals surface area (Å²) in [4.78, 5) is 27.1. The van der Waals surface area contributed by atoms with Crippen molar-refractivity contribution < 1.29 is 9.32 Å². The Morgan fingerprint density at radius 3 is 2.90 bits per heavy atom. The number of carbonyl (C=O) groups is 1. The number of thiophene rings is 1. The number of rotatable bonds is 6. The Kier molecular flexibility index (Phi) is 6.81. The fraction of sp³-hybridized carbons (Fsp3) is 0.429. The van der Waals surface area contributed by atoms with Gasteiger partial charge in [-0.15, -0.1) is 11.3 Å². The molecule has 0 unspecified atom stereocenters. The van der Waals surface area contributed by atoms with Gasteiger partial charge in [0.1, 0.15) is 5.76 Å². The Bertz CT molecular complexity index is 970. The number of hydrogen-bond donors (Lipinski definition) is 0. The quantitative estimate of drug-likeness (QED) is 0.425. The Morgan fingerprint density at radius 2 is 2.13 bits per heavy atom. The van der Waals surface area contributed by atoms with E-state index < -0.39 is 0 Å². The van der Waals surface area contributed by atoms with E-state index in [-0.39, 0.29) is 5.91 Å². The highest BCUT2D eigenvalue weighted by Gasteiger charge is 2.21. The first-order chi connectivity index (χ1) is 14.6. The van der Waals surface area contributed by atoms with Crippen molar-refractivity contribution in [2.75, 3.05) is 31.9 Å². The molecule has 30 heavy (non-hydrogen) atoms. The molecule has 1 fully saturated rings. The molecule has 1 amide bonds. The molecule has 1 aliphatic heterocycles. The molecule has 3 aromatic heterocycles. The van der Waals surface area contributed by atoms with Crippen LogP contribution in [0.25, 0.3) is 10.6 Å². The van der Waals surface area contributed by atoms with Crippen LogP contribution in [-0.4, -0.2) is 62.8 Å². The molecule has 1 aliphatic rings. The van der Waals surface area contributed by atoms with Crippen LogP contribution in [0.5, 0.6) is 0 Å². The summed E-state index contributed by atoms with van der Waals surface area (Å²) >= 11 is 3.05. The predicted octanol–water partition coefficient (Wildman–Crippen LogP) is 3.64. The number of nitrogens with zero attached hydrogens (tertiary/aromatic N) is 5. The molecule has 0 aliphatic carbocycles. The monoisotopic (exact) mass is 443 g/mol. The molecule has 4 rings (SSSR count). The van der Waals surface area contributed by atoms with Gasteiger partial charge in [0.2, 0.25) is 5.91 Å². The van der Waals surface area contributed by atoms with Crippen molar-refractivity contribution in [3.63, 3.8) is 0 Å². The summed E-state index contributed by atoms with van der Waals surface area (Å²) in [6.45, 7) is 8.09. The van der Waals surface area contributed by atoms with Gasteiger partial charge in [-0.05, 0) is 37.8 Å². The second-order valence-corrected chi connectivity index (χ2v) is 9.19. The molecule has 7 nitrogen and oxygen atoms in total. The molecule has 3 aromatic rings. The van der Waals surface area contributed by atoms with Crippen molar-refractivity contribution in [2.24, 2.45) is 0 Å². The van der Waals surface area contributed by atoms with Gasteiger partial charge in [-0.3, -0.25) is 9.69 Å². The maximum atomic E-state index is 12.8. The molecule has 0 bridgehead atoms. The summed E-state index contributed by atoms with van der Waals surface area (Å²) < 4.78 is 5.28. The minimum Gasteiger partial charge on any atom is -0.361 e. The van der Waals surface area contributed by atoms with Gasteiger partial charge in [-0.25, -0.2) is 9.97 Å². The third-order valence-corrected chi connectivity index (χ3v) is 6.97. The summed E-state index contributed by atoms with van der Waals surface area (Å²) in [6.07, 6.45) is 2.72. The van der Waals surface area contributed by atoms with Crippen molar-refractivity contribution in [2.45, 2.75) is 32.0 Å². The van der Waals surface area contributed by atoms with Crippen LogP contribution in [0.15, 0.2) is 39.5 Å². The minimum absolute atomic E-state index is 0.143. The van der Waals surface area contributed by atoms with E-state index in [1.54, 1.807) is 17.5 Å². The van der Waals surface area contributed by atoms with Crippen molar-refractivity contribution in [1.82, 2.24) is 24.9 Å². The average Bonchev–Trinajstić information content (AvgIpc) is 3.33. The highest BCUT2D eigenvalue weighted by atomic mass is 32.2. The fourth-order valence-corrected chi connectivity index (χ4v) is 4.95. The SMILES string of the molecule is Cc1noc(C)c1CN1CCCN(C(=O)CSc2nccc(-c3cccs3)n2)CC1. The van der Waals surface area contributed by atoms with Gasteiger partial charge >= 0.3 is 0 Å². The number of amides is 1. The average molecular weight is 444 g/mol. The Balaban J connectivity index is 1.30. The van der Waals surface area contributed by atoms with Gasteiger partial charge in [-0.1, -0.05) is 23.0 Å².